The van der Waals surface area contributed by atoms with Gasteiger partial charge in [-0.2, -0.15) is 0 Å². The minimum Gasteiger partial charge on any atom is -0.449 e. The van der Waals surface area contributed by atoms with Crippen LogP contribution in [0.3, 0.4) is 0 Å². The number of nitrogens with zero attached hydrogens (tertiary/aromatic N) is 3. The molecule has 2 aliphatic rings. The average molecular weight is 323 g/mol. The molecule has 0 radical (unpaired) electrons. The summed E-state index contributed by atoms with van der Waals surface area (Å²) < 4.78 is 5.73. The van der Waals surface area contributed by atoms with Crippen molar-refractivity contribution in [3.8, 4) is 0 Å². The monoisotopic (exact) mass is 323 g/mol. The minimum absolute atomic E-state index is 0.179. The third kappa shape index (κ3) is 2.26. The zero-order valence-corrected chi connectivity index (χ0v) is 13.4. The lowest BCUT2D eigenvalue weighted by atomic mass is 9.85. The van der Waals surface area contributed by atoms with Crippen molar-refractivity contribution in [3.05, 3.63) is 59.2 Å². The molecule has 6 heteroatoms. The predicted octanol–water partition coefficient (Wildman–Crippen LogP) is 2.09. The van der Waals surface area contributed by atoms with Crippen molar-refractivity contribution in [1.82, 2.24) is 14.9 Å². The summed E-state index contributed by atoms with van der Waals surface area (Å²) in [5.41, 5.74) is 1.82. The Hall–Kier alpha value is -2.76. The van der Waals surface area contributed by atoms with Gasteiger partial charge in [-0.3, -0.25) is 9.78 Å². The third-order valence-electron chi connectivity index (χ3n) is 4.67. The van der Waals surface area contributed by atoms with Crippen LogP contribution < -0.4 is 0 Å². The molecule has 1 aromatic carbocycles. The summed E-state index contributed by atoms with van der Waals surface area (Å²) in [6.07, 6.45) is 4.57. The highest BCUT2D eigenvalue weighted by atomic mass is 16.6. The first-order valence-corrected chi connectivity index (χ1v) is 8.00. The van der Waals surface area contributed by atoms with Crippen LogP contribution in [0, 0.1) is 6.92 Å². The molecule has 0 aliphatic carbocycles. The fourth-order valence-electron chi connectivity index (χ4n) is 3.51. The SMILES string of the molecule is Cc1cnc(C(=O)N2CCC[C@@]3(C2)OC(=O)c2ccccc23)cn1. The molecule has 0 saturated carbocycles. The van der Waals surface area contributed by atoms with Gasteiger partial charge in [-0.1, -0.05) is 18.2 Å². The molecule has 1 atom stereocenters. The number of benzene rings is 1. The molecule has 4 rings (SSSR count). The quantitative estimate of drug-likeness (QED) is 0.751. The van der Waals surface area contributed by atoms with Crippen LogP contribution >= 0.6 is 0 Å². The van der Waals surface area contributed by atoms with Crippen LogP contribution in [0.25, 0.3) is 0 Å². The smallest absolute Gasteiger partial charge is 0.339 e. The molecule has 2 aromatic rings. The van der Waals surface area contributed by atoms with E-state index in [9.17, 15) is 9.59 Å². The Morgan fingerprint density at radius 1 is 1.25 bits per heavy atom. The van der Waals surface area contributed by atoms with Crippen LogP contribution in [0.2, 0.25) is 0 Å². The normalized spacial score (nSPS) is 22.4. The van der Waals surface area contributed by atoms with Gasteiger partial charge in [0, 0.05) is 18.3 Å². The number of likely N-dealkylation sites (tertiary alicyclic amines) is 1. The number of rotatable bonds is 1. The summed E-state index contributed by atoms with van der Waals surface area (Å²) in [7, 11) is 0. The number of esters is 1. The summed E-state index contributed by atoms with van der Waals surface area (Å²) in [5, 5.41) is 0. The van der Waals surface area contributed by atoms with E-state index < -0.39 is 5.60 Å². The topological polar surface area (TPSA) is 72.4 Å². The van der Waals surface area contributed by atoms with Crippen molar-refractivity contribution in [2.75, 3.05) is 13.1 Å². The van der Waals surface area contributed by atoms with Crippen LogP contribution in [-0.4, -0.2) is 39.8 Å². The first-order chi connectivity index (χ1) is 11.6. The second-order valence-corrected chi connectivity index (χ2v) is 6.30. The number of carbonyl (C=O) groups excluding carboxylic acids is 2. The highest BCUT2D eigenvalue weighted by molar-refractivity contribution is 5.95. The molecule has 1 amide bonds. The van der Waals surface area contributed by atoms with Gasteiger partial charge in [0.1, 0.15) is 5.69 Å². The Morgan fingerprint density at radius 2 is 2.08 bits per heavy atom. The molecule has 0 bridgehead atoms. The van der Waals surface area contributed by atoms with Gasteiger partial charge in [0.25, 0.3) is 5.91 Å². The Bertz CT molecular complexity index is 819. The van der Waals surface area contributed by atoms with Crippen molar-refractivity contribution in [3.63, 3.8) is 0 Å². The molecule has 3 heterocycles. The first kappa shape index (κ1) is 14.8. The van der Waals surface area contributed by atoms with Crippen molar-refractivity contribution in [2.45, 2.75) is 25.4 Å². The van der Waals surface area contributed by atoms with Crippen LogP contribution in [0.15, 0.2) is 36.7 Å². The van der Waals surface area contributed by atoms with E-state index in [2.05, 4.69) is 9.97 Å². The van der Waals surface area contributed by atoms with E-state index in [1.54, 1.807) is 17.2 Å². The fraction of sp³-hybridized carbons (Fsp3) is 0.333. The summed E-state index contributed by atoms with van der Waals surface area (Å²) >= 11 is 0. The number of hydrogen-bond acceptors (Lipinski definition) is 5. The van der Waals surface area contributed by atoms with Gasteiger partial charge in [0.2, 0.25) is 0 Å². The zero-order chi connectivity index (χ0) is 16.7. The molecule has 6 nitrogen and oxygen atoms in total. The number of piperidine rings is 1. The molecule has 0 N–H and O–H groups in total. The Morgan fingerprint density at radius 3 is 2.88 bits per heavy atom. The molecule has 24 heavy (non-hydrogen) atoms. The molecule has 0 unspecified atom stereocenters. The molecular formula is C18H17N3O3. The molecule has 1 fully saturated rings. The maximum Gasteiger partial charge on any atom is 0.339 e. The van der Waals surface area contributed by atoms with Crippen molar-refractivity contribution in [1.29, 1.82) is 0 Å². The largest absolute Gasteiger partial charge is 0.449 e. The minimum atomic E-state index is -0.736. The van der Waals surface area contributed by atoms with E-state index in [0.717, 1.165) is 24.1 Å². The van der Waals surface area contributed by atoms with Gasteiger partial charge < -0.3 is 9.64 Å². The molecule has 1 saturated heterocycles. The van der Waals surface area contributed by atoms with Crippen LogP contribution in [0.5, 0.6) is 0 Å². The third-order valence-corrected chi connectivity index (χ3v) is 4.67. The van der Waals surface area contributed by atoms with Crippen molar-refractivity contribution in [2.24, 2.45) is 0 Å². The van der Waals surface area contributed by atoms with Gasteiger partial charge >= 0.3 is 5.97 Å². The average Bonchev–Trinajstić information content (AvgIpc) is 2.87. The maximum atomic E-state index is 12.7. The van der Waals surface area contributed by atoms with Crippen molar-refractivity contribution < 1.29 is 14.3 Å². The summed E-state index contributed by atoms with van der Waals surface area (Å²) in [4.78, 5) is 34.9. The van der Waals surface area contributed by atoms with Crippen LogP contribution in [0.1, 0.15) is 44.9 Å². The number of aromatic nitrogens is 2. The zero-order valence-electron chi connectivity index (χ0n) is 13.4. The predicted molar refractivity (Wildman–Crippen MR) is 85.4 cm³/mol. The molecule has 122 valence electrons. The highest BCUT2D eigenvalue weighted by Gasteiger charge is 2.48. The highest BCUT2D eigenvalue weighted by Crippen LogP contribution is 2.42. The Balaban J connectivity index is 1.64. The van der Waals surface area contributed by atoms with Gasteiger partial charge in [-0.25, -0.2) is 9.78 Å². The standard InChI is InChI=1S/C18H17N3O3/c1-12-9-20-15(10-19-12)16(22)21-8-4-7-18(11-21)14-6-3-2-5-13(14)17(23)24-18/h2-3,5-6,9-10H,4,7-8,11H2,1H3/t18-/m0/s1. The first-order valence-electron chi connectivity index (χ1n) is 8.00. The van der Waals surface area contributed by atoms with Crippen molar-refractivity contribution >= 4 is 11.9 Å². The number of fused-ring (bicyclic) bond motifs is 2. The Labute approximate surface area is 139 Å². The Kier molecular flexibility index (Phi) is 3.33. The van der Waals surface area contributed by atoms with Crippen LogP contribution in [0.4, 0.5) is 0 Å². The molecule has 1 spiro atoms. The van der Waals surface area contributed by atoms with E-state index >= 15 is 0 Å². The summed E-state index contributed by atoms with van der Waals surface area (Å²) in [5.74, 6) is -0.489. The lowest BCUT2D eigenvalue weighted by Gasteiger charge is -2.39. The number of carbonyl (C=O) groups is 2. The van der Waals surface area contributed by atoms with Gasteiger partial charge in [-0.05, 0) is 25.8 Å². The lowest BCUT2D eigenvalue weighted by Crippen LogP contribution is -2.49. The van der Waals surface area contributed by atoms with Crippen LogP contribution in [-0.2, 0) is 10.3 Å². The number of amides is 1. The number of aryl methyl sites for hydroxylation is 1. The lowest BCUT2D eigenvalue weighted by molar-refractivity contribution is -0.0443. The molecule has 1 aromatic heterocycles. The second kappa shape index (κ2) is 5.40. The second-order valence-electron chi connectivity index (χ2n) is 6.30. The van der Waals surface area contributed by atoms with Gasteiger partial charge in [0.05, 0.1) is 24.0 Å². The number of hydrogen-bond donors (Lipinski definition) is 0. The number of ether oxygens (including phenoxy) is 1. The van der Waals surface area contributed by atoms with E-state index in [0.29, 0.717) is 24.3 Å². The molecular weight excluding hydrogens is 306 g/mol. The fourth-order valence-corrected chi connectivity index (χ4v) is 3.51. The van der Waals surface area contributed by atoms with E-state index in [-0.39, 0.29) is 11.9 Å². The van der Waals surface area contributed by atoms with E-state index in [1.807, 2.05) is 25.1 Å². The van der Waals surface area contributed by atoms with Gasteiger partial charge in [-0.15, -0.1) is 0 Å². The van der Waals surface area contributed by atoms with E-state index in [1.165, 1.54) is 6.20 Å². The van der Waals surface area contributed by atoms with Gasteiger partial charge in [0.15, 0.2) is 5.60 Å². The maximum absolute atomic E-state index is 12.7. The summed E-state index contributed by atoms with van der Waals surface area (Å²) in [6, 6.07) is 7.42. The summed E-state index contributed by atoms with van der Waals surface area (Å²) in [6.45, 7) is 2.80. The van der Waals surface area contributed by atoms with E-state index in [4.69, 9.17) is 4.74 Å². The molecule has 2 aliphatic heterocycles.